The zero-order valence-corrected chi connectivity index (χ0v) is 41.6. The first-order valence-electron chi connectivity index (χ1n) is 23.8. The minimum Gasteiger partial charge on any atom is -0.379 e. The predicted molar refractivity (Wildman–Crippen MR) is 255 cm³/mol. The van der Waals surface area contributed by atoms with Gasteiger partial charge >= 0.3 is 0 Å². The number of carbonyl (C=O) groups is 6. The third-order valence-electron chi connectivity index (χ3n) is 13.9. The van der Waals surface area contributed by atoms with Crippen LogP contribution in [0.1, 0.15) is 129 Å². The van der Waals surface area contributed by atoms with Crippen molar-refractivity contribution in [1.29, 1.82) is 0 Å². The Labute approximate surface area is 392 Å². The van der Waals surface area contributed by atoms with Gasteiger partial charge < -0.3 is 24.6 Å². The molecule has 0 aliphatic carbocycles. The van der Waals surface area contributed by atoms with Crippen molar-refractivity contribution in [2.45, 2.75) is 155 Å². The summed E-state index contributed by atoms with van der Waals surface area (Å²) < 4.78 is 12.2. The van der Waals surface area contributed by atoms with E-state index in [0.29, 0.717) is 38.9 Å². The molecule has 0 radical (unpaired) electrons. The van der Waals surface area contributed by atoms with Crippen LogP contribution in [0.5, 0.6) is 0 Å². The molecule has 3 heterocycles. The Morgan fingerprint density at radius 3 is 2.22 bits per heavy atom. The number of rotatable bonds is 29. The summed E-state index contributed by atoms with van der Waals surface area (Å²) in [5, 5.41) is 6.27. The molecular weight excluding hydrogens is 843 g/mol. The molecule has 0 saturated carbocycles. The normalized spacial score (nSPS) is 18.7. The molecular formula is C51H77N5O8S. The van der Waals surface area contributed by atoms with E-state index in [0.717, 1.165) is 49.1 Å². The zero-order valence-electron chi connectivity index (χ0n) is 40.8. The number of nitrogens with one attached hydrogen (secondary N) is 1. The molecule has 1 aromatic heterocycles. The Morgan fingerprint density at radius 1 is 0.938 bits per heavy atom. The van der Waals surface area contributed by atoms with Crippen LogP contribution in [0, 0.1) is 23.7 Å². The molecule has 2 aliphatic rings. The number of benzene rings is 1. The average Bonchev–Trinajstić information content (AvgIpc) is 4.07. The molecule has 1 N–H and O–H groups in total. The van der Waals surface area contributed by atoms with E-state index in [1.54, 1.807) is 43.7 Å². The van der Waals surface area contributed by atoms with Gasteiger partial charge in [-0.2, -0.15) is 0 Å². The number of ether oxygens (including phenoxy) is 2. The van der Waals surface area contributed by atoms with Gasteiger partial charge in [-0.1, -0.05) is 84.2 Å². The summed E-state index contributed by atoms with van der Waals surface area (Å²) in [5.74, 6) is -1.99. The molecule has 0 bridgehead atoms. The summed E-state index contributed by atoms with van der Waals surface area (Å²) in [4.78, 5) is 90.0. The maximum Gasteiger partial charge on any atom is 0.253 e. The summed E-state index contributed by atoms with van der Waals surface area (Å²) in [5.41, 5.74) is 0.289. The van der Waals surface area contributed by atoms with Gasteiger partial charge in [-0.05, 0) is 69.9 Å². The SMILES string of the molecule is CC[C@H](C)[C@@H]([C@@H](CC(=O)N1CCC[C@H]1[C@H](OC)[C@@H](C)C(=O)C[C@@H](Cc1ccccc1)c1nccs1)OC)N(C)C(=O)[C@@H](CC(=O)C(C)(C)NCCCCCCN1C(=O)C=CC1=O)C(C)C. The molecule has 0 unspecified atom stereocenters. The van der Waals surface area contributed by atoms with E-state index in [4.69, 9.17) is 9.47 Å². The fourth-order valence-electron chi connectivity index (χ4n) is 9.57. The molecule has 2 aliphatic heterocycles. The van der Waals surface area contributed by atoms with Crippen LogP contribution < -0.4 is 5.32 Å². The minimum atomic E-state index is -0.858. The molecule has 4 amide bonds. The molecule has 4 rings (SSSR count). The minimum absolute atomic E-state index is 0.0169. The van der Waals surface area contributed by atoms with Crippen molar-refractivity contribution in [2.75, 3.05) is 40.9 Å². The van der Waals surface area contributed by atoms with Crippen LogP contribution in [-0.2, 0) is 44.7 Å². The van der Waals surface area contributed by atoms with Crippen molar-refractivity contribution in [3.05, 3.63) is 64.6 Å². The number of thiazole rings is 1. The van der Waals surface area contributed by atoms with Gasteiger partial charge in [0.25, 0.3) is 11.8 Å². The van der Waals surface area contributed by atoms with Gasteiger partial charge in [0, 0.05) is 88.7 Å². The van der Waals surface area contributed by atoms with Crippen LogP contribution in [-0.4, -0.2) is 126 Å². The van der Waals surface area contributed by atoms with Crippen LogP contribution in [0.15, 0.2) is 54.1 Å². The van der Waals surface area contributed by atoms with E-state index < -0.39 is 35.6 Å². The highest BCUT2D eigenvalue weighted by atomic mass is 32.1. The van der Waals surface area contributed by atoms with Crippen molar-refractivity contribution in [1.82, 2.24) is 25.0 Å². The van der Waals surface area contributed by atoms with Crippen molar-refractivity contribution < 1.29 is 38.2 Å². The van der Waals surface area contributed by atoms with Crippen molar-refractivity contribution in [3.63, 3.8) is 0 Å². The van der Waals surface area contributed by atoms with Crippen LogP contribution in [0.3, 0.4) is 0 Å². The molecule has 8 atom stereocenters. The first-order valence-corrected chi connectivity index (χ1v) is 24.7. The molecule has 65 heavy (non-hydrogen) atoms. The average molecular weight is 920 g/mol. The monoisotopic (exact) mass is 920 g/mol. The van der Waals surface area contributed by atoms with E-state index in [2.05, 4.69) is 36.3 Å². The number of methoxy groups -OCH3 is 2. The standard InChI is InChI=1S/C51H77N5O8S/c1-11-35(4)47(54(8)50(62)39(34(2)3)32-43(58)51(6,7)53-25-17-12-13-18-27-56-44(59)23-24-45(56)60)42(63-9)33-46(61)55-28-19-22-40(55)48(64-10)36(5)41(57)31-38(49-52-26-29-65-49)30-37-20-15-14-16-21-37/h14-16,20-21,23-24,26,29,34-36,38-40,42,47-48,53H,11-13,17-19,22,25,27-28,30-33H2,1-10H3/t35-,36-,38+,39-,40-,42+,47-,48+/m0/s1. The number of ketones is 2. The molecule has 2 aromatic rings. The number of aromatic nitrogens is 1. The number of amides is 4. The summed E-state index contributed by atoms with van der Waals surface area (Å²) >= 11 is 1.56. The number of carbonyl (C=O) groups excluding carboxylic acids is 6. The zero-order chi connectivity index (χ0) is 47.8. The molecule has 0 spiro atoms. The van der Waals surface area contributed by atoms with Gasteiger partial charge in [0.2, 0.25) is 11.8 Å². The third kappa shape index (κ3) is 14.7. The maximum atomic E-state index is 14.5. The quantitative estimate of drug-likeness (QED) is 0.0644. The number of imide groups is 1. The summed E-state index contributed by atoms with van der Waals surface area (Å²) in [6.07, 6.45) is 9.94. The highest BCUT2D eigenvalue weighted by Gasteiger charge is 2.43. The van der Waals surface area contributed by atoms with E-state index in [9.17, 15) is 28.8 Å². The smallest absolute Gasteiger partial charge is 0.253 e. The highest BCUT2D eigenvalue weighted by Crippen LogP contribution is 2.33. The molecule has 1 fully saturated rings. The van der Waals surface area contributed by atoms with Gasteiger partial charge in [0.1, 0.15) is 5.78 Å². The van der Waals surface area contributed by atoms with Gasteiger partial charge in [-0.25, -0.2) is 4.98 Å². The number of unbranched alkanes of at least 4 members (excludes halogenated alkanes) is 3. The van der Waals surface area contributed by atoms with Crippen LogP contribution in [0.2, 0.25) is 0 Å². The lowest BCUT2D eigenvalue weighted by Gasteiger charge is -2.41. The second kappa shape index (κ2) is 25.7. The lowest BCUT2D eigenvalue weighted by Crippen LogP contribution is -2.54. The van der Waals surface area contributed by atoms with Crippen molar-refractivity contribution in [3.8, 4) is 0 Å². The van der Waals surface area contributed by atoms with Crippen molar-refractivity contribution >= 4 is 46.5 Å². The van der Waals surface area contributed by atoms with Crippen LogP contribution in [0.4, 0.5) is 0 Å². The summed E-state index contributed by atoms with van der Waals surface area (Å²) in [6.45, 7) is 15.2. The lowest BCUT2D eigenvalue weighted by atomic mass is 9.82. The van der Waals surface area contributed by atoms with Gasteiger partial charge in [-0.3, -0.25) is 33.7 Å². The predicted octanol–water partition coefficient (Wildman–Crippen LogP) is 7.43. The van der Waals surface area contributed by atoms with Gasteiger partial charge in [0.05, 0.1) is 41.3 Å². The number of likely N-dealkylation sites (tertiary alicyclic amines) is 1. The Kier molecular flexibility index (Phi) is 21.2. The second-order valence-electron chi connectivity index (χ2n) is 19.1. The van der Waals surface area contributed by atoms with Crippen molar-refractivity contribution in [2.24, 2.45) is 23.7 Å². The van der Waals surface area contributed by atoms with Crippen LogP contribution in [0.25, 0.3) is 0 Å². The number of nitrogens with zero attached hydrogens (tertiary/aromatic N) is 4. The second-order valence-corrected chi connectivity index (χ2v) is 20.0. The third-order valence-corrected chi connectivity index (χ3v) is 14.9. The van der Waals surface area contributed by atoms with E-state index in [1.807, 2.05) is 63.1 Å². The number of hydrogen-bond acceptors (Lipinski definition) is 11. The molecule has 1 aromatic carbocycles. The Bertz CT molecular complexity index is 1870. The molecule has 14 heteroatoms. The number of hydrogen-bond donors (Lipinski definition) is 1. The maximum absolute atomic E-state index is 14.5. The molecule has 360 valence electrons. The first kappa shape index (κ1) is 53.5. The summed E-state index contributed by atoms with van der Waals surface area (Å²) in [6, 6.07) is 9.42. The van der Waals surface area contributed by atoms with Gasteiger partial charge in [0.15, 0.2) is 5.78 Å². The summed E-state index contributed by atoms with van der Waals surface area (Å²) in [7, 11) is 4.98. The van der Waals surface area contributed by atoms with Gasteiger partial charge in [-0.15, -0.1) is 11.3 Å². The molecule has 1 saturated heterocycles. The topological polar surface area (TPSA) is 156 Å². The molecule has 13 nitrogen and oxygen atoms in total. The Hall–Kier alpha value is -4.11. The van der Waals surface area contributed by atoms with E-state index in [-0.39, 0.29) is 71.8 Å². The van der Waals surface area contributed by atoms with E-state index in [1.165, 1.54) is 17.1 Å². The number of likely N-dealkylation sites (N-methyl/N-ethyl adjacent to an activating group) is 1. The fraction of sp³-hybridized carbons (Fsp3) is 0.667. The number of Topliss-reactive ketones (excluding diaryl/α,β-unsaturated/α-hetero) is 2. The highest BCUT2D eigenvalue weighted by molar-refractivity contribution is 7.09. The van der Waals surface area contributed by atoms with E-state index >= 15 is 0 Å². The van der Waals surface area contributed by atoms with Crippen LogP contribution >= 0.6 is 11.3 Å². The Balaban J connectivity index is 1.37. The lowest BCUT2D eigenvalue weighted by molar-refractivity contribution is -0.149. The largest absolute Gasteiger partial charge is 0.379 e. The fourth-order valence-corrected chi connectivity index (χ4v) is 10.3. The first-order chi connectivity index (χ1) is 30.9. The Morgan fingerprint density at radius 2 is 1.62 bits per heavy atom.